The summed E-state index contributed by atoms with van der Waals surface area (Å²) in [6.07, 6.45) is 3.81. The average Bonchev–Trinajstić information content (AvgIpc) is 3.30. The molecule has 1 fully saturated rings. The van der Waals surface area contributed by atoms with Crippen molar-refractivity contribution in [3.05, 3.63) is 82.5 Å². The summed E-state index contributed by atoms with van der Waals surface area (Å²) in [5.74, 6) is 0. The first-order valence-corrected chi connectivity index (χ1v) is 11.3. The van der Waals surface area contributed by atoms with Crippen LogP contribution in [0.1, 0.15) is 24.0 Å². The Morgan fingerprint density at radius 1 is 0.968 bits per heavy atom. The first-order chi connectivity index (χ1) is 15.2. The molecule has 2 N–H and O–H groups in total. The van der Waals surface area contributed by atoms with Crippen molar-refractivity contribution >= 4 is 39.6 Å². The normalized spacial score (nSPS) is 15.1. The van der Waals surface area contributed by atoms with Gasteiger partial charge in [-0.2, -0.15) is 0 Å². The Morgan fingerprint density at radius 3 is 2.23 bits per heavy atom. The lowest BCUT2D eigenvalue weighted by Crippen LogP contribution is -2.40. The third-order valence-electron chi connectivity index (χ3n) is 5.81. The van der Waals surface area contributed by atoms with Gasteiger partial charge in [0.05, 0.1) is 15.9 Å². The molecule has 0 bridgehead atoms. The highest BCUT2D eigenvalue weighted by atomic mass is 35.5. The van der Waals surface area contributed by atoms with Crippen molar-refractivity contribution in [3.8, 4) is 11.3 Å². The van der Waals surface area contributed by atoms with E-state index in [9.17, 15) is 0 Å². The maximum atomic E-state index is 8.36. The van der Waals surface area contributed by atoms with Crippen molar-refractivity contribution in [3.63, 3.8) is 0 Å². The summed E-state index contributed by atoms with van der Waals surface area (Å²) in [5.41, 5.74) is 5.88. The Labute approximate surface area is 189 Å². The molecule has 1 aliphatic rings. The molecule has 5 nitrogen and oxygen atoms in total. The molecule has 1 aliphatic heterocycles. The molecule has 0 amide bonds. The Morgan fingerprint density at radius 2 is 1.58 bits per heavy atom. The number of aromatic nitrogens is 2. The van der Waals surface area contributed by atoms with Crippen LogP contribution in [0.3, 0.4) is 0 Å². The van der Waals surface area contributed by atoms with Crippen LogP contribution in [-0.2, 0) is 10.2 Å². The van der Waals surface area contributed by atoms with Crippen molar-refractivity contribution in [1.29, 1.82) is 0 Å². The zero-order valence-corrected chi connectivity index (χ0v) is 18.4. The van der Waals surface area contributed by atoms with E-state index in [-0.39, 0.29) is 11.9 Å². The number of halogens is 1. The van der Waals surface area contributed by atoms with Gasteiger partial charge in [-0.3, -0.25) is 4.79 Å². The van der Waals surface area contributed by atoms with E-state index in [1.807, 2.05) is 18.2 Å². The molecule has 158 valence electrons. The number of thiophene rings is 1. The number of carboxylic acid groups (broad SMARTS) is 1. The number of rotatable bonds is 3. The molecule has 2 aromatic carbocycles. The van der Waals surface area contributed by atoms with Crippen LogP contribution in [0.4, 0.5) is 0 Å². The molecule has 0 atom stereocenters. The number of fused-ring (bicyclic) bond motifs is 1. The SMILES string of the molecule is Clc1ccc(C2(c3ccc(-c4ncnc5ccsc45)cc3)CCNCC2)cc1.O=CO. The molecule has 0 aliphatic carbocycles. The monoisotopic (exact) mass is 451 g/mol. The molecule has 0 spiro atoms. The highest BCUT2D eigenvalue weighted by molar-refractivity contribution is 7.17. The van der Waals surface area contributed by atoms with Gasteiger partial charge in [-0.25, -0.2) is 9.97 Å². The maximum Gasteiger partial charge on any atom is 0.290 e. The van der Waals surface area contributed by atoms with Gasteiger partial charge in [0, 0.05) is 16.0 Å². The molecule has 3 heterocycles. The summed E-state index contributed by atoms with van der Waals surface area (Å²) in [7, 11) is 0. The summed E-state index contributed by atoms with van der Waals surface area (Å²) in [6.45, 7) is 1.79. The second-order valence-corrected chi connectivity index (χ2v) is 8.73. The van der Waals surface area contributed by atoms with E-state index < -0.39 is 0 Å². The van der Waals surface area contributed by atoms with Gasteiger partial charge < -0.3 is 10.4 Å². The third-order valence-corrected chi connectivity index (χ3v) is 6.97. The van der Waals surface area contributed by atoms with E-state index in [1.54, 1.807) is 17.7 Å². The molecule has 0 radical (unpaired) electrons. The van der Waals surface area contributed by atoms with Crippen LogP contribution >= 0.6 is 22.9 Å². The molecule has 0 unspecified atom stereocenters. The molecule has 2 aromatic heterocycles. The summed E-state index contributed by atoms with van der Waals surface area (Å²) in [6, 6.07) is 19.4. The second kappa shape index (κ2) is 9.56. The van der Waals surface area contributed by atoms with Crippen LogP contribution in [0.5, 0.6) is 0 Å². The fourth-order valence-corrected chi connectivity index (χ4v) is 5.29. The van der Waals surface area contributed by atoms with Gasteiger partial charge in [-0.05, 0) is 60.6 Å². The van der Waals surface area contributed by atoms with Crippen LogP contribution in [-0.4, -0.2) is 34.6 Å². The number of nitrogens with one attached hydrogen (secondary N) is 1. The van der Waals surface area contributed by atoms with Gasteiger partial charge in [0.15, 0.2) is 0 Å². The van der Waals surface area contributed by atoms with E-state index in [4.69, 9.17) is 21.5 Å². The molecule has 31 heavy (non-hydrogen) atoms. The van der Waals surface area contributed by atoms with E-state index in [1.165, 1.54) is 11.1 Å². The summed E-state index contributed by atoms with van der Waals surface area (Å²) in [4.78, 5) is 17.3. The first kappa shape index (κ1) is 21.4. The lowest BCUT2D eigenvalue weighted by Gasteiger charge is -2.39. The van der Waals surface area contributed by atoms with Crippen LogP contribution in [0, 0.1) is 0 Å². The standard InChI is InChI=1S/C23H20ClN3S.CH2O2/c24-19-7-5-18(6-8-19)23(10-12-25-13-11-23)17-3-1-16(2-4-17)21-22-20(9-14-28-22)26-15-27-21;2-1-3/h1-9,14-15,25H,10-13H2;1H,(H,2,3). The van der Waals surface area contributed by atoms with Crippen molar-refractivity contribution in [2.24, 2.45) is 0 Å². The fourth-order valence-electron chi connectivity index (χ4n) is 4.31. The summed E-state index contributed by atoms with van der Waals surface area (Å²) >= 11 is 7.84. The van der Waals surface area contributed by atoms with Crippen LogP contribution in [0.25, 0.3) is 21.5 Å². The molecular formula is C24H22ClN3O2S. The number of piperidine rings is 1. The van der Waals surface area contributed by atoms with Crippen molar-refractivity contribution in [2.75, 3.05) is 13.1 Å². The van der Waals surface area contributed by atoms with Crippen LogP contribution < -0.4 is 5.32 Å². The lowest BCUT2D eigenvalue weighted by molar-refractivity contribution is -0.122. The maximum absolute atomic E-state index is 8.36. The number of hydrogen-bond acceptors (Lipinski definition) is 5. The van der Waals surface area contributed by atoms with Crippen molar-refractivity contribution in [2.45, 2.75) is 18.3 Å². The van der Waals surface area contributed by atoms with Crippen LogP contribution in [0.2, 0.25) is 5.02 Å². The average molecular weight is 452 g/mol. The Kier molecular flexibility index (Phi) is 6.61. The first-order valence-electron chi connectivity index (χ1n) is 10.0. The van der Waals surface area contributed by atoms with Crippen molar-refractivity contribution < 1.29 is 9.90 Å². The third kappa shape index (κ3) is 4.32. The molecule has 7 heteroatoms. The minimum absolute atomic E-state index is 0.0261. The van der Waals surface area contributed by atoms with E-state index in [2.05, 4.69) is 57.1 Å². The molecule has 5 rings (SSSR count). The smallest absolute Gasteiger partial charge is 0.290 e. The number of hydrogen-bond donors (Lipinski definition) is 2. The highest BCUT2D eigenvalue weighted by Gasteiger charge is 2.35. The molecule has 0 saturated carbocycles. The Hall–Kier alpha value is -2.80. The van der Waals surface area contributed by atoms with Gasteiger partial charge in [0.25, 0.3) is 6.47 Å². The Bertz CT molecular complexity index is 1150. The number of benzene rings is 2. The van der Waals surface area contributed by atoms with Gasteiger partial charge >= 0.3 is 0 Å². The largest absolute Gasteiger partial charge is 0.483 e. The predicted octanol–water partition coefficient (Wildman–Crippen LogP) is 5.38. The predicted molar refractivity (Wildman–Crippen MR) is 126 cm³/mol. The van der Waals surface area contributed by atoms with E-state index in [0.717, 1.165) is 52.4 Å². The summed E-state index contributed by atoms with van der Waals surface area (Å²) < 4.78 is 1.14. The van der Waals surface area contributed by atoms with Crippen LogP contribution in [0.15, 0.2) is 66.3 Å². The van der Waals surface area contributed by atoms with Gasteiger partial charge in [0.1, 0.15) is 6.33 Å². The number of nitrogens with zero attached hydrogens (tertiary/aromatic N) is 2. The topological polar surface area (TPSA) is 75.1 Å². The van der Waals surface area contributed by atoms with Gasteiger partial charge in [0.2, 0.25) is 0 Å². The van der Waals surface area contributed by atoms with Gasteiger partial charge in [-0.1, -0.05) is 48.0 Å². The van der Waals surface area contributed by atoms with Gasteiger partial charge in [-0.15, -0.1) is 11.3 Å². The minimum Gasteiger partial charge on any atom is -0.483 e. The minimum atomic E-state index is -0.250. The Balaban J connectivity index is 0.000000730. The van der Waals surface area contributed by atoms with Crippen molar-refractivity contribution in [1.82, 2.24) is 15.3 Å². The zero-order chi connectivity index (χ0) is 21.7. The summed E-state index contributed by atoms with van der Waals surface area (Å²) in [5, 5.41) is 13.2. The fraction of sp³-hybridized carbons (Fsp3) is 0.208. The second-order valence-electron chi connectivity index (χ2n) is 7.38. The van der Waals surface area contributed by atoms with E-state index in [0.29, 0.717) is 0 Å². The highest BCUT2D eigenvalue weighted by Crippen LogP contribution is 2.41. The quantitative estimate of drug-likeness (QED) is 0.409. The molecule has 1 saturated heterocycles. The number of carbonyl (C=O) groups is 1. The zero-order valence-electron chi connectivity index (χ0n) is 16.8. The molecular weight excluding hydrogens is 430 g/mol. The molecule has 4 aromatic rings. The van der Waals surface area contributed by atoms with E-state index >= 15 is 0 Å². The lowest BCUT2D eigenvalue weighted by atomic mass is 9.68.